The molecule has 0 saturated heterocycles. The summed E-state index contributed by atoms with van der Waals surface area (Å²) >= 11 is 0. The van der Waals surface area contributed by atoms with E-state index >= 15 is 0 Å². The maximum Gasteiger partial charge on any atom is 0.408 e. The van der Waals surface area contributed by atoms with E-state index in [1.54, 1.807) is 54.6 Å². The van der Waals surface area contributed by atoms with Crippen LogP contribution in [0.3, 0.4) is 0 Å². The van der Waals surface area contributed by atoms with Crippen LogP contribution in [-0.4, -0.2) is 70.7 Å². The van der Waals surface area contributed by atoms with Crippen LogP contribution >= 0.6 is 0 Å². The largest absolute Gasteiger partial charge is 0.508 e. The van der Waals surface area contributed by atoms with Crippen LogP contribution in [0.2, 0.25) is 0 Å². The number of ether oxygens (including phenoxy) is 2. The molecule has 0 aromatic heterocycles. The van der Waals surface area contributed by atoms with Gasteiger partial charge < -0.3 is 35.4 Å². The topological polar surface area (TPSA) is 196 Å². The van der Waals surface area contributed by atoms with E-state index in [-0.39, 0.29) is 24.5 Å². The maximum absolute atomic E-state index is 13.0. The second kappa shape index (κ2) is 16.0. The molecule has 0 heterocycles. The Hall–Kier alpha value is -5.43. The predicted molar refractivity (Wildman–Crippen MR) is 150 cm³/mol. The van der Waals surface area contributed by atoms with Gasteiger partial charge in [-0.15, -0.1) is 0 Å². The van der Waals surface area contributed by atoms with Crippen LogP contribution in [-0.2, 0) is 32.1 Å². The predicted octanol–water partition coefficient (Wildman–Crippen LogP) is 1.32. The molecule has 0 bridgehead atoms. The van der Waals surface area contributed by atoms with Crippen molar-refractivity contribution in [1.29, 1.82) is 0 Å². The van der Waals surface area contributed by atoms with Crippen molar-refractivity contribution in [2.24, 2.45) is 5.10 Å². The fourth-order valence-corrected chi connectivity index (χ4v) is 3.53. The van der Waals surface area contributed by atoms with Gasteiger partial charge in [-0.1, -0.05) is 54.6 Å². The molecule has 0 unspecified atom stereocenters. The third-order valence-corrected chi connectivity index (χ3v) is 5.62. The zero-order chi connectivity index (χ0) is 30.3. The molecule has 13 heteroatoms. The van der Waals surface area contributed by atoms with Crippen LogP contribution in [0.15, 0.2) is 84.0 Å². The van der Waals surface area contributed by atoms with E-state index in [1.165, 1.54) is 24.4 Å². The quantitative estimate of drug-likeness (QED) is 0.121. The van der Waals surface area contributed by atoms with E-state index in [2.05, 4.69) is 21.2 Å². The summed E-state index contributed by atoms with van der Waals surface area (Å²) in [6, 6.07) is 18.6. The minimum atomic E-state index is -1.42. The number of aliphatic hydroxyl groups is 1. The number of phenolic OH excluding ortho intramolecular Hbond substituents is 1. The molecular weight excluding hydrogens is 548 g/mol. The number of phenols is 1. The average molecular weight is 579 g/mol. The van der Waals surface area contributed by atoms with E-state index in [0.717, 1.165) is 5.56 Å². The zero-order valence-electron chi connectivity index (χ0n) is 22.3. The van der Waals surface area contributed by atoms with Crippen molar-refractivity contribution < 1.29 is 44.0 Å². The Kier molecular flexibility index (Phi) is 11.8. The Bertz CT molecular complexity index is 1380. The number of benzene rings is 3. The number of carbonyl (C=O) groups is 4. The Morgan fingerprint density at radius 1 is 0.857 bits per heavy atom. The lowest BCUT2D eigenvalue weighted by Gasteiger charge is -2.21. The number of alkyl carbamates (subject to hydrolysis) is 1. The second-order valence-corrected chi connectivity index (χ2v) is 8.86. The van der Waals surface area contributed by atoms with Gasteiger partial charge in [0.05, 0.1) is 12.8 Å². The molecule has 0 aliphatic rings. The number of carbonyl (C=O) groups excluding carboxylic acids is 3. The van der Waals surface area contributed by atoms with Crippen molar-refractivity contribution in [1.82, 2.24) is 16.1 Å². The molecule has 0 aliphatic heterocycles. The molecule has 13 nitrogen and oxygen atoms in total. The zero-order valence-corrected chi connectivity index (χ0v) is 22.3. The Morgan fingerprint density at radius 2 is 1.60 bits per heavy atom. The molecule has 3 aromatic carbocycles. The number of rotatable bonds is 14. The molecule has 0 saturated carbocycles. The van der Waals surface area contributed by atoms with Gasteiger partial charge in [0.25, 0.3) is 5.91 Å². The van der Waals surface area contributed by atoms with E-state index in [4.69, 9.17) is 14.6 Å². The number of aromatic hydroxyl groups is 1. The van der Waals surface area contributed by atoms with E-state index in [0.29, 0.717) is 11.1 Å². The Balaban J connectivity index is 1.64. The highest BCUT2D eigenvalue weighted by Crippen LogP contribution is 2.13. The second-order valence-electron chi connectivity index (χ2n) is 8.86. The summed E-state index contributed by atoms with van der Waals surface area (Å²) in [7, 11) is 0. The van der Waals surface area contributed by atoms with Crippen LogP contribution in [0, 0.1) is 0 Å². The van der Waals surface area contributed by atoms with E-state index in [1.807, 2.05) is 6.07 Å². The number of hydrogen-bond donors (Lipinski definition) is 6. The molecule has 3 amide bonds. The van der Waals surface area contributed by atoms with Crippen LogP contribution in [0.1, 0.15) is 16.7 Å². The highest BCUT2D eigenvalue weighted by atomic mass is 16.5. The molecule has 3 rings (SSSR count). The molecule has 0 fully saturated rings. The first kappa shape index (κ1) is 31.1. The van der Waals surface area contributed by atoms with Gasteiger partial charge >= 0.3 is 12.1 Å². The summed E-state index contributed by atoms with van der Waals surface area (Å²) in [6.07, 6.45) is 0.348. The molecule has 220 valence electrons. The number of aliphatic carboxylic acids is 1. The summed E-state index contributed by atoms with van der Waals surface area (Å²) in [6.45, 7) is -1.34. The van der Waals surface area contributed by atoms with Crippen molar-refractivity contribution in [3.63, 3.8) is 0 Å². The third kappa shape index (κ3) is 10.6. The summed E-state index contributed by atoms with van der Waals surface area (Å²) in [4.78, 5) is 48.9. The van der Waals surface area contributed by atoms with E-state index < -0.39 is 49.2 Å². The molecule has 0 radical (unpaired) electrons. The Labute approximate surface area is 240 Å². The number of carboxylic acids is 1. The monoisotopic (exact) mass is 578 g/mol. The van der Waals surface area contributed by atoms with Gasteiger partial charge in [-0.3, -0.25) is 9.59 Å². The summed E-state index contributed by atoms with van der Waals surface area (Å²) in [5, 5.41) is 36.7. The first-order valence-electron chi connectivity index (χ1n) is 12.7. The van der Waals surface area contributed by atoms with Gasteiger partial charge in [-0.25, -0.2) is 15.0 Å². The lowest BCUT2D eigenvalue weighted by molar-refractivity contribution is -0.139. The minimum absolute atomic E-state index is 0.0114. The molecule has 6 N–H and O–H groups in total. The molecule has 3 aromatic rings. The van der Waals surface area contributed by atoms with Gasteiger partial charge in [0.2, 0.25) is 5.91 Å². The summed E-state index contributed by atoms with van der Waals surface area (Å²) < 4.78 is 10.2. The summed E-state index contributed by atoms with van der Waals surface area (Å²) in [5.74, 6) is -2.39. The Morgan fingerprint density at radius 3 is 2.29 bits per heavy atom. The van der Waals surface area contributed by atoms with Gasteiger partial charge in [0.1, 0.15) is 30.2 Å². The molecular formula is C29H30N4O9. The first-order valence-corrected chi connectivity index (χ1v) is 12.7. The van der Waals surface area contributed by atoms with Crippen LogP contribution in [0.4, 0.5) is 4.79 Å². The van der Waals surface area contributed by atoms with E-state index in [9.17, 15) is 29.4 Å². The maximum atomic E-state index is 13.0. The number of hydrazone groups is 1. The van der Waals surface area contributed by atoms with Crippen molar-refractivity contribution in [2.75, 3.05) is 13.2 Å². The smallest absolute Gasteiger partial charge is 0.408 e. The van der Waals surface area contributed by atoms with Crippen molar-refractivity contribution in [2.45, 2.75) is 25.1 Å². The van der Waals surface area contributed by atoms with Crippen LogP contribution < -0.4 is 20.8 Å². The SMILES string of the molecule is O=C(O)COc1cccc(/C=N\NC(=O)[C@H](Cc2ccc(O)cc2)NC(=O)[C@H](CO)NC(=O)OCc2ccccc2)c1. The van der Waals surface area contributed by atoms with Crippen molar-refractivity contribution in [3.05, 3.63) is 95.6 Å². The number of carboxylic acid groups (broad SMARTS) is 1. The standard InChI is InChI=1S/C29H30N4O9/c34-16-25(32-29(40)42-17-20-5-2-1-3-6-20)27(38)31-24(14-19-9-11-22(35)12-10-19)28(39)33-30-15-21-7-4-8-23(13-21)41-18-26(36)37/h1-13,15,24-25,34-35H,14,16-18H2,(H,31,38)(H,32,40)(H,33,39)(H,36,37)/b30-15-/t24-,25-/m0/s1. The highest BCUT2D eigenvalue weighted by molar-refractivity contribution is 5.92. The third-order valence-electron chi connectivity index (χ3n) is 5.62. The number of nitrogens with one attached hydrogen (secondary N) is 3. The molecule has 42 heavy (non-hydrogen) atoms. The number of aliphatic hydroxyl groups excluding tert-OH is 1. The van der Waals surface area contributed by atoms with Gasteiger partial charge in [0, 0.05) is 6.42 Å². The van der Waals surface area contributed by atoms with Crippen LogP contribution in [0.5, 0.6) is 11.5 Å². The highest BCUT2D eigenvalue weighted by Gasteiger charge is 2.27. The van der Waals surface area contributed by atoms with Crippen molar-refractivity contribution >= 4 is 30.1 Å². The minimum Gasteiger partial charge on any atom is -0.508 e. The first-order chi connectivity index (χ1) is 20.2. The fourth-order valence-electron chi connectivity index (χ4n) is 3.53. The van der Waals surface area contributed by atoms with Gasteiger partial charge in [-0.2, -0.15) is 5.10 Å². The molecule has 0 aliphatic carbocycles. The lowest BCUT2D eigenvalue weighted by Crippen LogP contribution is -2.55. The van der Waals surface area contributed by atoms with Crippen molar-refractivity contribution in [3.8, 4) is 11.5 Å². The number of hydrogen-bond acceptors (Lipinski definition) is 9. The molecule has 0 spiro atoms. The summed E-state index contributed by atoms with van der Waals surface area (Å²) in [5.41, 5.74) is 4.15. The fraction of sp³-hybridized carbons (Fsp3) is 0.207. The van der Waals surface area contributed by atoms with Crippen LogP contribution in [0.25, 0.3) is 0 Å². The van der Waals surface area contributed by atoms with Gasteiger partial charge in [-0.05, 0) is 41.0 Å². The number of amides is 3. The normalized spacial score (nSPS) is 12.1. The average Bonchev–Trinajstić information content (AvgIpc) is 2.99. The lowest BCUT2D eigenvalue weighted by atomic mass is 10.0. The molecule has 2 atom stereocenters. The van der Waals surface area contributed by atoms with Gasteiger partial charge in [0.15, 0.2) is 6.61 Å². The number of nitrogens with zero attached hydrogens (tertiary/aromatic N) is 1.